The van der Waals surface area contributed by atoms with Gasteiger partial charge in [0.2, 0.25) is 0 Å². The molecule has 0 aliphatic heterocycles. The van der Waals surface area contributed by atoms with Gasteiger partial charge in [0.05, 0.1) is 19.1 Å². The zero-order chi connectivity index (χ0) is 12.5. The highest BCUT2D eigenvalue weighted by molar-refractivity contribution is 5.72. The molecule has 4 nitrogen and oxygen atoms in total. The Morgan fingerprint density at radius 3 is 2.47 bits per heavy atom. The fourth-order valence-electron chi connectivity index (χ4n) is 2.27. The van der Waals surface area contributed by atoms with Crippen molar-refractivity contribution in [2.45, 2.75) is 51.0 Å². The normalized spacial score (nSPS) is 24.6. The molecular formula is C13H24O4. The van der Waals surface area contributed by atoms with Crippen LogP contribution in [0.2, 0.25) is 0 Å². The van der Waals surface area contributed by atoms with Gasteiger partial charge in [-0.05, 0) is 44.9 Å². The van der Waals surface area contributed by atoms with Gasteiger partial charge in [-0.25, -0.2) is 0 Å². The molecule has 1 fully saturated rings. The molecule has 1 N–H and O–H groups in total. The van der Waals surface area contributed by atoms with Crippen LogP contribution in [-0.4, -0.2) is 37.5 Å². The Hall–Kier alpha value is -0.610. The number of hydrogen-bond acceptors (Lipinski definition) is 4. The molecule has 4 heteroatoms. The molecule has 0 unspecified atom stereocenters. The van der Waals surface area contributed by atoms with Crippen molar-refractivity contribution in [1.82, 2.24) is 0 Å². The Labute approximate surface area is 103 Å². The first-order chi connectivity index (χ1) is 8.27. The van der Waals surface area contributed by atoms with Gasteiger partial charge in [0.25, 0.3) is 0 Å². The molecular weight excluding hydrogens is 220 g/mol. The van der Waals surface area contributed by atoms with Crippen LogP contribution in [-0.2, 0) is 14.3 Å². The summed E-state index contributed by atoms with van der Waals surface area (Å²) < 4.78 is 10.5. The summed E-state index contributed by atoms with van der Waals surface area (Å²) in [5, 5.41) is 8.63. The highest BCUT2D eigenvalue weighted by Crippen LogP contribution is 2.27. The van der Waals surface area contributed by atoms with Crippen LogP contribution in [0.15, 0.2) is 0 Å². The van der Waals surface area contributed by atoms with E-state index in [4.69, 9.17) is 14.6 Å². The first-order valence-electron chi connectivity index (χ1n) is 6.58. The summed E-state index contributed by atoms with van der Waals surface area (Å²) in [4.78, 5) is 11.3. The van der Waals surface area contributed by atoms with E-state index < -0.39 is 0 Å². The van der Waals surface area contributed by atoms with Crippen LogP contribution in [0.3, 0.4) is 0 Å². The van der Waals surface area contributed by atoms with Crippen molar-refractivity contribution >= 4 is 5.97 Å². The highest BCUT2D eigenvalue weighted by atomic mass is 16.5. The maximum atomic E-state index is 11.3. The first kappa shape index (κ1) is 14.5. The quantitative estimate of drug-likeness (QED) is 0.549. The van der Waals surface area contributed by atoms with Crippen molar-refractivity contribution in [1.29, 1.82) is 0 Å². The molecule has 0 aromatic carbocycles. The van der Waals surface area contributed by atoms with Crippen molar-refractivity contribution in [3.8, 4) is 0 Å². The van der Waals surface area contributed by atoms with Gasteiger partial charge in [0.15, 0.2) is 0 Å². The van der Waals surface area contributed by atoms with Crippen molar-refractivity contribution in [2.75, 3.05) is 20.3 Å². The largest absolute Gasteiger partial charge is 0.469 e. The number of aliphatic hydroxyl groups is 1. The van der Waals surface area contributed by atoms with Gasteiger partial charge < -0.3 is 14.6 Å². The van der Waals surface area contributed by atoms with Crippen LogP contribution in [0.4, 0.5) is 0 Å². The maximum Gasteiger partial charge on any atom is 0.308 e. The monoisotopic (exact) mass is 244 g/mol. The number of esters is 1. The van der Waals surface area contributed by atoms with Gasteiger partial charge in [0, 0.05) is 13.2 Å². The number of unbranched alkanes of at least 4 members (excludes halogenated alkanes) is 2. The number of ether oxygens (including phenoxy) is 2. The SMILES string of the molecule is COC(=O)C1CCC(OCCCCCO)CC1. The van der Waals surface area contributed by atoms with Crippen molar-refractivity contribution in [3.05, 3.63) is 0 Å². The van der Waals surface area contributed by atoms with E-state index in [1.807, 2.05) is 0 Å². The van der Waals surface area contributed by atoms with E-state index >= 15 is 0 Å². The van der Waals surface area contributed by atoms with Gasteiger partial charge >= 0.3 is 5.97 Å². The Balaban J connectivity index is 2.05. The third-order valence-corrected chi connectivity index (χ3v) is 3.36. The van der Waals surface area contributed by atoms with E-state index in [9.17, 15) is 4.79 Å². The molecule has 1 aliphatic rings. The predicted molar refractivity (Wildman–Crippen MR) is 64.7 cm³/mol. The molecule has 0 spiro atoms. The van der Waals surface area contributed by atoms with Crippen molar-refractivity contribution in [2.24, 2.45) is 5.92 Å². The van der Waals surface area contributed by atoms with E-state index in [1.165, 1.54) is 7.11 Å². The zero-order valence-electron chi connectivity index (χ0n) is 10.7. The summed E-state index contributed by atoms with van der Waals surface area (Å²) in [6.07, 6.45) is 6.89. The summed E-state index contributed by atoms with van der Waals surface area (Å²) in [7, 11) is 1.45. The molecule has 1 saturated carbocycles. The molecule has 100 valence electrons. The van der Waals surface area contributed by atoms with E-state index in [2.05, 4.69) is 0 Å². The molecule has 0 atom stereocenters. The molecule has 1 aliphatic carbocycles. The number of carbonyl (C=O) groups is 1. The fourth-order valence-corrected chi connectivity index (χ4v) is 2.27. The molecule has 0 saturated heterocycles. The van der Waals surface area contributed by atoms with E-state index in [0.717, 1.165) is 51.6 Å². The average Bonchev–Trinajstić information content (AvgIpc) is 2.38. The van der Waals surface area contributed by atoms with Crippen LogP contribution in [0.5, 0.6) is 0 Å². The van der Waals surface area contributed by atoms with Gasteiger partial charge in [-0.2, -0.15) is 0 Å². The summed E-state index contributed by atoms with van der Waals surface area (Å²) in [5.41, 5.74) is 0. The number of carbonyl (C=O) groups excluding carboxylic acids is 1. The van der Waals surface area contributed by atoms with Crippen molar-refractivity contribution in [3.63, 3.8) is 0 Å². The molecule has 17 heavy (non-hydrogen) atoms. The van der Waals surface area contributed by atoms with Gasteiger partial charge in [-0.3, -0.25) is 4.79 Å². The van der Waals surface area contributed by atoms with Crippen LogP contribution < -0.4 is 0 Å². The van der Waals surface area contributed by atoms with Gasteiger partial charge in [-0.1, -0.05) is 0 Å². The summed E-state index contributed by atoms with van der Waals surface area (Å²) >= 11 is 0. The number of rotatable bonds is 7. The lowest BCUT2D eigenvalue weighted by atomic mass is 9.87. The molecule has 1 rings (SSSR count). The van der Waals surface area contributed by atoms with Crippen molar-refractivity contribution < 1.29 is 19.4 Å². The Morgan fingerprint density at radius 1 is 1.18 bits per heavy atom. The lowest BCUT2D eigenvalue weighted by Gasteiger charge is -2.26. The Bertz CT molecular complexity index is 209. The topological polar surface area (TPSA) is 55.8 Å². The second-order valence-corrected chi connectivity index (χ2v) is 4.65. The molecule has 0 bridgehead atoms. The number of methoxy groups -OCH3 is 1. The summed E-state index contributed by atoms with van der Waals surface area (Å²) in [6, 6.07) is 0. The third-order valence-electron chi connectivity index (χ3n) is 3.36. The zero-order valence-corrected chi connectivity index (χ0v) is 10.7. The number of hydrogen-bond donors (Lipinski definition) is 1. The third kappa shape index (κ3) is 5.50. The van der Waals surface area contributed by atoms with E-state index in [0.29, 0.717) is 6.10 Å². The first-order valence-corrected chi connectivity index (χ1v) is 6.58. The van der Waals surface area contributed by atoms with Crippen LogP contribution in [0.1, 0.15) is 44.9 Å². The lowest BCUT2D eigenvalue weighted by molar-refractivity contribution is -0.147. The average molecular weight is 244 g/mol. The van der Waals surface area contributed by atoms with E-state index in [-0.39, 0.29) is 18.5 Å². The minimum atomic E-state index is -0.0774. The summed E-state index contributed by atoms with van der Waals surface area (Å²) in [6.45, 7) is 1.04. The highest BCUT2D eigenvalue weighted by Gasteiger charge is 2.26. The molecule has 0 amide bonds. The van der Waals surface area contributed by atoms with Gasteiger partial charge in [0.1, 0.15) is 0 Å². The van der Waals surface area contributed by atoms with Crippen LogP contribution >= 0.6 is 0 Å². The minimum Gasteiger partial charge on any atom is -0.469 e. The molecule has 0 aromatic heterocycles. The second kappa shape index (κ2) is 8.48. The number of aliphatic hydroxyl groups excluding tert-OH is 1. The minimum absolute atomic E-state index is 0.0774. The fraction of sp³-hybridized carbons (Fsp3) is 0.923. The molecule has 0 heterocycles. The summed E-state index contributed by atoms with van der Waals surface area (Å²) in [5.74, 6) is 0.000588. The maximum absolute atomic E-state index is 11.3. The molecule has 0 aromatic rings. The van der Waals surface area contributed by atoms with Crippen LogP contribution in [0.25, 0.3) is 0 Å². The molecule has 0 radical (unpaired) electrons. The van der Waals surface area contributed by atoms with Gasteiger partial charge in [-0.15, -0.1) is 0 Å². The Kier molecular flexibility index (Phi) is 7.21. The van der Waals surface area contributed by atoms with Crippen LogP contribution in [0, 0.1) is 5.92 Å². The van der Waals surface area contributed by atoms with E-state index in [1.54, 1.807) is 0 Å². The standard InChI is InChI=1S/C13H24O4/c1-16-13(15)11-5-7-12(8-6-11)17-10-4-2-3-9-14/h11-12,14H,2-10H2,1H3. The lowest BCUT2D eigenvalue weighted by Crippen LogP contribution is -2.27. The smallest absolute Gasteiger partial charge is 0.308 e. The second-order valence-electron chi connectivity index (χ2n) is 4.65. The Morgan fingerprint density at radius 2 is 1.88 bits per heavy atom. The predicted octanol–water partition coefficient (Wildman–Crippen LogP) is 1.90.